The first-order valence-electron chi connectivity index (χ1n) is 5.38. The summed E-state index contributed by atoms with van der Waals surface area (Å²) in [6.45, 7) is 9.03. The average molecular weight is 230 g/mol. The molecule has 0 bridgehead atoms. The van der Waals surface area contributed by atoms with Gasteiger partial charge in [-0.05, 0) is 33.7 Å². The first-order valence-corrected chi connectivity index (χ1v) is 5.38. The Morgan fingerprint density at radius 1 is 1.19 bits per heavy atom. The fourth-order valence-corrected chi connectivity index (χ4v) is 1.25. The van der Waals surface area contributed by atoms with Gasteiger partial charge in [-0.15, -0.1) is 0 Å². The molecule has 2 N–H and O–H groups in total. The lowest BCUT2D eigenvalue weighted by atomic mass is 10.0. The van der Waals surface area contributed by atoms with Crippen LogP contribution in [-0.4, -0.2) is 30.7 Å². The highest BCUT2D eigenvalue weighted by Crippen LogP contribution is 2.07. The van der Waals surface area contributed by atoms with Crippen LogP contribution in [-0.2, 0) is 9.53 Å². The van der Waals surface area contributed by atoms with Crippen molar-refractivity contribution in [3.05, 3.63) is 0 Å². The summed E-state index contributed by atoms with van der Waals surface area (Å²) in [5, 5.41) is 5.06. The molecule has 0 aliphatic carbocycles. The molecule has 0 aliphatic rings. The highest BCUT2D eigenvalue weighted by Gasteiger charge is 2.24. The SMILES string of the molecule is CN[C@H](C(=O)NC(=O)OC(C)(C)C)C(C)C. The van der Waals surface area contributed by atoms with Gasteiger partial charge in [-0.25, -0.2) is 4.79 Å². The fourth-order valence-electron chi connectivity index (χ4n) is 1.25. The second-order valence-electron chi connectivity index (χ2n) is 5.00. The Hall–Kier alpha value is -1.10. The van der Waals surface area contributed by atoms with Crippen LogP contribution in [0.2, 0.25) is 0 Å². The minimum absolute atomic E-state index is 0.104. The molecule has 0 aromatic rings. The Kier molecular flexibility index (Phi) is 5.44. The highest BCUT2D eigenvalue weighted by molar-refractivity contribution is 5.95. The van der Waals surface area contributed by atoms with Crippen molar-refractivity contribution >= 4 is 12.0 Å². The van der Waals surface area contributed by atoms with Gasteiger partial charge in [0.1, 0.15) is 5.60 Å². The van der Waals surface area contributed by atoms with E-state index in [0.29, 0.717) is 0 Å². The number of hydrogen-bond acceptors (Lipinski definition) is 4. The predicted octanol–water partition coefficient (Wildman–Crippen LogP) is 1.28. The Balaban J connectivity index is 4.29. The maximum Gasteiger partial charge on any atom is 0.414 e. The van der Waals surface area contributed by atoms with Crippen molar-refractivity contribution in [3.8, 4) is 0 Å². The molecule has 0 saturated carbocycles. The van der Waals surface area contributed by atoms with E-state index in [1.165, 1.54) is 0 Å². The Morgan fingerprint density at radius 2 is 1.69 bits per heavy atom. The minimum Gasteiger partial charge on any atom is -0.444 e. The van der Waals surface area contributed by atoms with Gasteiger partial charge in [-0.2, -0.15) is 0 Å². The number of nitrogens with one attached hydrogen (secondary N) is 2. The summed E-state index contributed by atoms with van der Waals surface area (Å²) >= 11 is 0. The molecule has 16 heavy (non-hydrogen) atoms. The van der Waals surface area contributed by atoms with E-state index in [1.807, 2.05) is 13.8 Å². The molecule has 0 spiro atoms. The third-order valence-corrected chi connectivity index (χ3v) is 1.88. The lowest BCUT2D eigenvalue weighted by Crippen LogP contribution is -2.48. The molecule has 0 fully saturated rings. The number of likely N-dealkylation sites (N-methyl/N-ethyl adjacent to an activating group) is 1. The highest BCUT2D eigenvalue weighted by atomic mass is 16.6. The van der Waals surface area contributed by atoms with E-state index in [-0.39, 0.29) is 11.8 Å². The van der Waals surface area contributed by atoms with Gasteiger partial charge in [0.2, 0.25) is 5.91 Å². The lowest BCUT2D eigenvalue weighted by Gasteiger charge is -2.22. The van der Waals surface area contributed by atoms with E-state index in [0.717, 1.165) is 0 Å². The van der Waals surface area contributed by atoms with Gasteiger partial charge in [-0.1, -0.05) is 13.8 Å². The molecule has 94 valence electrons. The van der Waals surface area contributed by atoms with Crippen LogP contribution in [0.25, 0.3) is 0 Å². The fraction of sp³-hybridized carbons (Fsp3) is 0.818. The van der Waals surface area contributed by atoms with Crippen LogP contribution >= 0.6 is 0 Å². The third-order valence-electron chi connectivity index (χ3n) is 1.88. The Bertz CT molecular complexity index is 256. The molecule has 0 aromatic carbocycles. The minimum atomic E-state index is -0.710. The monoisotopic (exact) mass is 230 g/mol. The summed E-state index contributed by atoms with van der Waals surface area (Å²) in [5.41, 5.74) is -0.600. The largest absolute Gasteiger partial charge is 0.444 e. The molecule has 0 unspecified atom stereocenters. The number of hydrogen-bond donors (Lipinski definition) is 2. The van der Waals surface area contributed by atoms with Gasteiger partial charge in [0.25, 0.3) is 0 Å². The second-order valence-corrected chi connectivity index (χ2v) is 5.00. The number of rotatable bonds is 3. The second kappa shape index (κ2) is 5.84. The summed E-state index contributed by atoms with van der Waals surface area (Å²) in [7, 11) is 1.68. The zero-order valence-electron chi connectivity index (χ0n) is 10.9. The lowest BCUT2D eigenvalue weighted by molar-refractivity contribution is -0.123. The summed E-state index contributed by atoms with van der Waals surface area (Å²) < 4.78 is 4.98. The van der Waals surface area contributed by atoms with Crippen LogP contribution in [0.3, 0.4) is 0 Å². The van der Waals surface area contributed by atoms with Gasteiger partial charge in [0.15, 0.2) is 0 Å². The van der Waals surface area contributed by atoms with Gasteiger partial charge in [0, 0.05) is 0 Å². The van der Waals surface area contributed by atoms with E-state index in [1.54, 1.807) is 27.8 Å². The van der Waals surface area contributed by atoms with Crippen molar-refractivity contribution in [2.45, 2.75) is 46.3 Å². The number of carbonyl (C=O) groups excluding carboxylic acids is 2. The molecule has 5 heteroatoms. The van der Waals surface area contributed by atoms with Crippen molar-refractivity contribution < 1.29 is 14.3 Å². The Labute approximate surface area is 96.9 Å². The number of alkyl carbamates (subject to hydrolysis) is 1. The molecule has 5 nitrogen and oxygen atoms in total. The van der Waals surface area contributed by atoms with Crippen molar-refractivity contribution in [1.82, 2.24) is 10.6 Å². The molecule has 0 aromatic heterocycles. The molecule has 1 atom stereocenters. The van der Waals surface area contributed by atoms with Gasteiger partial charge in [0.05, 0.1) is 6.04 Å². The first kappa shape index (κ1) is 14.9. The quantitative estimate of drug-likeness (QED) is 0.766. The molecule has 0 radical (unpaired) electrons. The smallest absolute Gasteiger partial charge is 0.414 e. The normalized spacial score (nSPS) is 13.4. The van der Waals surface area contributed by atoms with Crippen LogP contribution in [0.5, 0.6) is 0 Å². The number of carbonyl (C=O) groups is 2. The van der Waals surface area contributed by atoms with Crippen molar-refractivity contribution in [1.29, 1.82) is 0 Å². The van der Waals surface area contributed by atoms with Gasteiger partial charge < -0.3 is 10.1 Å². The summed E-state index contributed by atoms with van der Waals surface area (Å²) in [5.74, 6) is -0.265. The van der Waals surface area contributed by atoms with Crippen molar-refractivity contribution in [2.24, 2.45) is 5.92 Å². The summed E-state index contributed by atoms with van der Waals surface area (Å²) in [6, 6.07) is -0.396. The van der Waals surface area contributed by atoms with E-state index in [4.69, 9.17) is 4.74 Å². The maximum atomic E-state index is 11.6. The topological polar surface area (TPSA) is 67.4 Å². The number of ether oxygens (including phenoxy) is 1. The predicted molar refractivity (Wildman–Crippen MR) is 62.1 cm³/mol. The molecule has 0 saturated heterocycles. The molecular formula is C11H22N2O3. The van der Waals surface area contributed by atoms with Crippen LogP contribution < -0.4 is 10.6 Å². The standard InChI is InChI=1S/C11H22N2O3/c1-7(2)8(12-6)9(14)13-10(15)16-11(3,4)5/h7-8,12H,1-6H3,(H,13,14,15)/t8-/m0/s1. The van der Waals surface area contributed by atoms with Crippen LogP contribution in [0, 0.1) is 5.92 Å². The zero-order chi connectivity index (χ0) is 12.9. The summed E-state index contributed by atoms with van der Waals surface area (Å²) in [6.07, 6.45) is -0.710. The van der Waals surface area contributed by atoms with Crippen LogP contribution in [0.1, 0.15) is 34.6 Å². The third kappa shape index (κ3) is 5.70. The van der Waals surface area contributed by atoms with Crippen LogP contribution in [0.4, 0.5) is 4.79 Å². The van der Waals surface area contributed by atoms with E-state index < -0.39 is 17.7 Å². The summed E-state index contributed by atoms with van der Waals surface area (Å²) in [4.78, 5) is 23.0. The van der Waals surface area contributed by atoms with Crippen LogP contribution in [0.15, 0.2) is 0 Å². The van der Waals surface area contributed by atoms with Crippen molar-refractivity contribution in [2.75, 3.05) is 7.05 Å². The Morgan fingerprint density at radius 3 is 2.00 bits per heavy atom. The molecule has 0 aliphatic heterocycles. The number of amides is 2. The maximum absolute atomic E-state index is 11.6. The molecule has 2 amide bonds. The molecule has 0 rings (SSSR count). The van der Waals surface area contributed by atoms with Gasteiger partial charge in [-0.3, -0.25) is 10.1 Å². The number of imide groups is 1. The first-order chi connectivity index (χ1) is 7.17. The molecule has 0 heterocycles. The van der Waals surface area contributed by atoms with E-state index >= 15 is 0 Å². The molecular weight excluding hydrogens is 208 g/mol. The van der Waals surface area contributed by atoms with Crippen molar-refractivity contribution in [3.63, 3.8) is 0 Å². The zero-order valence-corrected chi connectivity index (χ0v) is 10.9. The average Bonchev–Trinajstić information content (AvgIpc) is 1.99. The van der Waals surface area contributed by atoms with E-state index in [9.17, 15) is 9.59 Å². The van der Waals surface area contributed by atoms with E-state index in [2.05, 4.69) is 10.6 Å². The van der Waals surface area contributed by atoms with Gasteiger partial charge >= 0.3 is 6.09 Å².